The van der Waals surface area contributed by atoms with Gasteiger partial charge in [-0.05, 0) is 63.4 Å². The van der Waals surface area contributed by atoms with Crippen LogP contribution in [-0.4, -0.2) is 39.0 Å². The van der Waals surface area contributed by atoms with E-state index < -0.39 is 0 Å². The van der Waals surface area contributed by atoms with E-state index in [0.29, 0.717) is 34.5 Å². The first kappa shape index (κ1) is 23.0. The first-order chi connectivity index (χ1) is 15.9. The van der Waals surface area contributed by atoms with Gasteiger partial charge in [0.15, 0.2) is 0 Å². The summed E-state index contributed by atoms with van der Waals surface area (Å²) in [6.07, 6.45) is 3.47. The molecule has 2 amide bonds. The number of amides is 2. The molecular weight excluding hydrogens is 440 g/mol. The largest absolute Gasteiger partial charge is 0.421 e. The minimum Gasteiger partial charge on any atom is -0.421 e. The van der Waals surface area contributed by atoms with Crippen LogP contribution >= 0.6 is 11.6 Å². The molecule has 0 radical (unpaired) electrons. The summed E-state index contributed by atoms with van der Waals surface area (Å²) in [6, 6.07) is 14.7. The highest BCUT2D eigenvalue weighted by molar-refractivity contribution is 6.31. The number of hydrogen-bond acceptors (Lipinski definition) is 5. The fourth-order valence-corrected chi connectivity index (χ4v) is 4.42. The minimum absolute atomic E-state index is 0.114. The summed E-state index contributed by atoms with van der Waals surface area (Å²) in [6.45, 7) is 4.12. The predicted molar refractivity (Wildman–Crippen MR) is 127 cm³/mol. The van der Waals surface area contributed by atoms with Crippen molar-refractivity contribution in [1.29, 1.82) is 0 Å². The van der Waals surface area contributed by atoms with Gasteiger partial charge in [-0.2, -0.15) is 0 Å². The van der Waals surface area contributed by atoms with E-state index in [1.807, 2.05) is 35.2 Å². The van der Waals surface area contributed by atoms with Gasteiger partial charge in [-0.1, -0.05) is 29.8 Å². The van der Waals surface area contributed by atoms with E-state index in [2.05, 4.69) is 29.4 Å². The molecule has 1 aliphatic heterocycles. The minimum atomic E-state index is -0.245. The topological polar surface area (TPSA) is 88.3 Å². The summed E-state index contributed by atoms with van der Waals surface area (Å²) in [5, 5.41) is 11.4. The molecular formula is C25H27ClN4O3. The van der Waals surface area contributed by atoms with Gasteiger partial charge in [0.05, 0.1) is 11.3 Å². The zero-order valence-corrected chi connectivity index (χ0v) is 19.5. The van der Waals surface area contributed by atoms with Crippen molar-refractivity contribution in [3.8, 4) is 11.5 Å². The van der Waals surface area contributed by atoms with Crippen LogP contribution in [0, 0.1) is 0 Å². The van der Waals surface area contributed by atoms with E-state index in [0.717, 1.165) is 24.8 Å². The summed E-state index contributed by atoms with van der Waals surface area (Å²) >= 11 is 6.19. The Hall–Kier alpha value is -3.19. The number of anilines is 1. The fraction of sp³-hybridized carbons (Fsp3) is 0.360. The molecule has 2 atom stereocenters. The fourth-order valence-electron chi connectivity index (χ4n) is 4.25. The summed E-state index contributed by atoms with van der Waals surface area (Å²) in [4.78, 5) is 27.9. The lowest BCUT2D eigenvalue weighted by atomic mass is 9.96. The van der Waals surface area contributed by atoms with Crippen LogP contribution in [0.15, 0.2) is 52.9 Å². The molecule has 4 rings (SSSR count). The SMILES string of the molecule is CC1CCCC(C)N1C(=O)c1cc(Cl)ccc1NC(=O)CCc1nnc(-c2ccccc2)o1. The van der Waals surface area contributed by atoms with E-state index in [4.69, 9.17) is 16.0 Å². The van der Waals surface area contributed by atoms with E-state index >= 15 is 0 Å². The molecule has 1 aromatic heterocycles. The number of nitrogens with one attached hydrogen (secondary N) is 1. The molecule has 1 fully saturated rings. The zero-order valence-electron chi connectivity index (χ0n) is 18.8. The molecule has 33 heavy (non-hydrogen) atoms. The highest BCUT2D eigenvalue weighted by Crippen LogP contribution is 2.29. The summed E-state index contributed by atoms with van der Waals surface area (Å²) in [5.41, 5.74) is 1.68. The molecule has 0 spiro atoms. The van der Waals surface area contributed by atoms with E-state index in [-0.39, 0.29) is 30.3 Å². The van der Waals surface area contributed by atoms with Crippen molar-refractivity contribution in [3.63, 3.8) is 0 Å². The third-order valence-corrected chi connectivity index (χ3v) is 6.20. The Morgan fingerprint density at radius 3 is 2.55 bits per heavy atom. The molecule has 1 saturated heterocycles. The first-order valence-corrected chi connectivity index (χ1v) is 11.6. The summed E-state index contributed by atoms with van der Waals surface area (Å²) in [7, 11) is 0. The molecule has 2 unspecified atom stereocenters. The Morgan fingerprint density at radius 1 is 1.09 bits per heavy atom. The second kappa shape index (κ2) is 10.2. The highest BCUT2D eigenvalue weighted by atomic mass is 35.5. The maximum Gasteiger partial charge on any atom is 0.256 e. The Kier molecular flexibility index (Phi) is 7.08. The molecule has 2 aromatic carbocycles. The lowest BCUT2D eigenvalue weighted by Crippen LogP contribution is -2.47. The van der Waals surface area contributed by atoms with Crippen LogP contribution in [0.2, 0.25) is 5.02 Å². The Labute approximate surface area is 198 Å². The Bertz CT molecular complexity index is 1120. The van der Waals surface area contributed by atoms with Crippen LogP contribution in [0.3, 0.4) is 0 Å². The van der Waals surface area contributed by atoms with Crippen molar-refractivity contribution in [1.82, 2.24) is 15.1 Å². The second-order valence-corrected chi connectivity index (χ2v) is 8.88. The van der Waals surface area contributed by atoms with Gasteiger partial charge in [-0.25, -0.2) is 0 Å². The van der Waals surface area contributed by atoms with Crippen LogP contribution in [0.25, 0.3) is 11.5 Å². The van der Waals surface area contributed by atoms with Crippen molar-refractivity contribution < 1.29 is 14.0 Å². The van der Waals surface area contributed by atoms with Crippen LogP contribution in [0.4, 0.5) is 5.69 Å². The zero-order chi connectivity index (χ0) is 23.4. The standard InChI is InChI=1S/C25H27ClN4O3/c1-16-7-6-8-17(2)30(16)25(32)20-15-19(26)11-12-21(20)27-22(31)13-14-23-28-29-24(33-23)18-9-4-3-5-10-18/h3-5,9-12,15-17H,6-8,13-14H2,1-2H3,(H,27,31). The smallest absolute Gasteiger partial charge is 0.256 e. The number of piperidine rings is 1. The number of halogens is 1. The monoisotopic (exact) mass is 466 g/mol. The molecule has 8 heteroatoms. The normalized spacial score (nSPS) is 18.2. The average molecular weight is 467 g/mol. The summed E-state index contributed by atoms with van der Waals surface area (Å²) < 4.78 is 5.67. The first-order valence-electron chi connectivity index (χ1n) is 11.2. The number of hydrogen-bond donors (Lipinski definition) is 1. The Morgan fingerprint density at radius 2 is 1.82 bits per heavy atom. The third-order valence-electron chi connectivity index (χ3n) is 5.97. The molecule has 0 aliphatic carbocycles. The van der Waals surface area contributed by atoms with Crippen molar-refractivity contribution in [3.05, 3.63) is 65.0 Å². The van der Waals surface area contributed by atoms with Gasteiger partial charge in [0.2, 0.25) is 17.7 Å². The predicted octanol–water partition coefficient (Wildman–Crippen LogP) is 5.36. The number of benzene rings is 2. The van der Waals surface area contributed by atoms with Crippen molar-refractivity contribution in [2.75, 3.05) is 5.32 Å². The van der Waals surface area contributed by atoms with Crippen LogP contribution in [0.1, 0.15) is 55.8 Å². The van der Waals surface area contributed by atoms with Gasteiger partial charge in [-0.3, -0.25) is 9.59 Å². The van der Waals surface area contributed by atoms with E-state index in [9.17, 15) is 9.59 Å². The quantitative estimate of drug-likeness (QED) is 0.528. The molecule has 7 nitrogen and oxygen atoms in total. The number of likely N-dealkylation sites (tertiary alicyclic amines) is 1. The average Bonchev–Trinajstić information content (AvgIpc) is 3.28. The number of carbonyl (C=O) groups excluding carboxylic acids is 2. The number of rotatable bonds is 6. The second-order valence-electron chi connectivity index (χ2n) is 8.45. The van der Waals surface area contributed by atoms with Gasteiger partial charge in [0.25, 0.3) is 5.91 Å². The number of aryl methyl sites for hydroxylation is 1. The van der Waals surface area contributed by atoms with Crippen LogP contribution < -0.4 is 5.32 Å². The molecule has 3 aromatic rings. The lowest BCUT2D eigenvalue weighted by Gasteiger charge is -2.39. The van der Waals surface area contributed by atoms with Gasteiger partial charge in [-0.15, -0.1) is 10.2 Å². The van der Waals surface area contributed by atoms with E-state index in [1.54, 1.807) is 18.2 Å². The lowest BCUT2D eigenvalue weighted by molar-refractivity contribution is -0.116. The molecule has 1 N–H and O–H groups in total. The van der Waals surface area contributed by atoms with Crippen molar-refractivity contribution in [2.24, 2.45) is 0 Å². The molecule has 1 aliphatic rings. The van der Waals surface area contributed by atoms with Gasteiger partial charge >= 0.3 is 0 Å². The maximum absolute atomic E-state index is 13.4. The number of carbonyl (C=O) groups is 2. The van der Waals surface area contributed by atoms with Crippen molar-refractivity contribution >= 4 is 29.1 Å². The molecule has 0 bridgehead atoms. The molecule has 172 valence electrons. The van der Waals surface area contributed by atoms with Gasteiger partial charge < -0.3 is 14.6 Å². The highest BCUT2D eigenvalue weighted by Gasteiger charge is 2.31. The number of nitrogens with zero attached hydrogens (tertiary/aromatic N) is 3. The van der Waals surface area contributed by atoms with Crippen molar-refractivity contribution in [2.45, 2.75) is 58.0 Å². The summed E-state index contributed by atoms with van der Waals surface area (Å²) in [5.74, 6) is 0.441. The van der Waals surface area contributed by atoms with Gasteiger partial charge in [0.1, 0.15) is 0 Å². The van der Waals surface area contributed by atoms with Gasteiger partial charge in [0, 0.05) is 35.5 Å². The van der Waals surface area contributed by atoms with Crippen LogP contribution in [-0.2, 0) is 11.2 Å². The molecule has 0 saturated carbocycles. The molecule has 2 heterocycles. The number of aromatic nitrogens is 2. The maximum atomic E-state index is 13.4. The Balaban J connectivity index is 1.43. The third kappa shape index (κ3) is 5.42. The van der Waals surface area contributed by atoms with Crippen LogP contribution in [0.5, 0.6) is 0 Å². The van der Waals surface area contributed by atoms with E-state index in [1.165, 1.54) is 0 Å².